The van der Waals surface area contributed by atoms with E-state index in [1.165, 1.54) is 6.33 Å². The normalized spacial score (nSPS) is 13.1. The lowest BCUT2D eigenvalue weighted by atomic mass is 10.1. The summed E-state index contributed by atoms with van der Waals surface area (Å²) in [5.74, 6) is 2.31. The second-order valence-corrected chi connectivity index (χ2v) is 8.08. The minimum atomic E-state index is 0.0387. The molecule has 1 aliphatic rings. The second kappa shape index (κ2) is 9.21. The van der Waals surface area contributed by atoms with Crippen molar-refractivity contribution in [3.8, 4) is 11.5 Å². The number of hydrogen-bond acceptors (Lipinski definition) is 6. The molecule has 30 heavy (non-hydrogen) atoms. The largest absolute Gasteiger partial charge is 0.497 e. The molecule has 0 spiro atoms. The summed E-state index contributed by atoms with van der Waals surface area (Å²) in [5.41, 5.74) is 2.76. The van der Waals surface area contributed by atoms with Crippen LogP contribution in [0.15, 0.2) is 53.9 Å². The predicted molar refractivity (Wildman–Crippen MR) is 115 cm³/mol. The Morgan fingerprint density at radius 3 is 2.60 bits per heavy atom. The van der Waals surface area contributed by atoms with Gasteiger partial charge in [-0.15, -0.1) is 0 Å². The third kappa shape index (κ3) is 4.76. The molecule has 1 heterocycles. The lowest BCUT2D eigenvalue weighted by molar-refractivity contribution is 0.0728. The highest BCUT2D eigenvalue weighted by molar-refractivity contribution is 7.98. The van der Waals surface area contributed by atoms with Crippen molar-refractivity contribution in [1.82, 2.24) is 20.1 Å². The van der Waals surface area contributed by atoms with E-state index in [1.807, 2.05) is 47.4 Å². The smallest absolute Gasteiger partial charge is 0.254 e. The molecular formula is C22H24N4O3S. The van der Waals surface area contributed by atoms with Crippen molar-refractivity contribution in [2.24, 2.45) is 0 Å². The van der Waals surface area contributed by atoms with E-state index < -0.39 is 0 Å². The number of hydrogen-bond donors (Lipinski definition) is 1. The molecule has 0 saturated heterocycles. The Morgan fingerprint density at radius 1 is 1.17 bits per heavy atom. The highest BCUT2D eigenvalue weighted by atomic mass is 32.2. The lowest BCUT2D eigenvalue weighted by Gasteiger charge is -2.24. The average molecular weight is 425 g/mol. The lowest BCUT2D eigenvalue weighted by Crippen LogP contribution is -2.32. The van der Waals surface area contributed by atoms with Crippen LogP contribution in [-0.2, 0) is 12.3 Å². The average Bonchev–Trinajstić information content (AvgIpc) is 3.50. The zero-order valence-corrected chi connectivity index (χ0v) is 17.8. The highest BCUT2D eigenvalue weighted by Gasteiger charge is 2.33. The van der Waals surface area contributed by atoms with E-state index in [0.29, 0.717) is 12.1 Å². The third-order valence-electron chi connectivity index (χ3n) is 5.05. The van der Waals surface area contributed by atoms with Gasteiger partial charge in [0.2, 0.25) is 0 Å². The van der Waals surface area contributed by atoms with E-state index in [0.717, 1.165) is 46.4 Å². The van der Waals surface area contributed by atoms with E-state index in [-0.39, 0.29) is 11.9 Å². The van der Waals surface area contributed by atoms with Crippen LogP contribution in [0.5, 0.6) is 11.5 Å². The van der Waals surface area contributed by atoms with Gasteiger partial charge in [0, 0.05) is 22.9 Å². The molecule has 1 aromatic heterocycles. The second-order valence-electron chi connectivity index (χ2n) is 7.12. The summed E-state index contributed by atoms with van der Waals surface area (Å²) in [5, 5.41) is 7.46. The van der Waals surface area contributed by atoms with Crippen LogP contribution in [0.3, 0.4) is 0 Å². The summed E-state index contributed by atoms with van der Waals surface area (Å²) >= 11 is 1.57. The zero-order chi connectivity index (χ0) is 20.9. The van der Waals surface area contributed by atoms with Gasteiger partial charge in [0.1, 0.15) is 17.8 Å². The molecule has 3 aromatic rings. The number of methoxy groups -OCH3 is 2. The van der Waals surface area contributed by atoms with Gasteiger partial charge < -0.3 is 14.4 Å². The molecule has 1 N–H and O–H groups in total. The fraction of sp³-hybridized carbons (Fsp3) is 0.318. The first kappa shape index (κ1) is 20.3. The number of aromatic nitrogens is 3. The summed E-state index contributed by atoms with van der Waals surface area (Å²) in [4.78, 5) is 19.3. The van der Waals surface area contributed by atoms with Gasteiger partial charge in [0.05, 0.1) is 20.8 Å². The van der Waals surface area contributed by atoms with Crippen LogP contribution < -0.4 is 9.47 Å². The van der Waals surface area contributed by atoms with Gasteiger partial charge >= 0.3 is 0 Å². The third-order valence-corrected chi connectivity index (χ3v) is 5.99. The first-order valence-electron chi connectivity index (χ1n) is 9.77. The molecule has 1 amide bonds. The summed E-state index contributed by atoms with van der Waals surface area (Å²) < 4.78 is 10.8. The van der Waals surface area contributed by atoms with Crippen molar-refractivity contribution in [3.63, 3.8) is 0 Å². The summed E-state index contributed by atoms with van der Waals surface area (Å²) in [7, 11) is 3.28. The molecule has 2 aromatic carbocycles. The monoisotopic (exact) mass is 424 g/mol. The van der Waals surface area contributed by atoms with Crippen LogP contribution in [0.1, 0.15) is 34.3 Å². The van der Waals surface area contributed by atoms with Crippen molar-refractivity contribution in [3.05, 3.63) is 65.5 Å². The Bertz CT molecular complexity index is 988. The molecule has 4 rings (SSSR count). The molecule has 0 unspecified atom stereocenters. The van der Waals surface area contributed by atoms with Gasteiger partial charge in [0.25, 0.3) is 5.91 Å². The number of carbonyl (C=O) groups excluding carboxylic acids is 1. The van der Waals surface area contributed by atoms with Gasteiger partial charge in [-0.2, -0.15) is 5.10 Å². The number of H-pyrrole nitrogens is 1. The number of nitrogens with zero attached hydrogens (tertiary/aromatic N) is 3. The number of ether oxygens (including phenoxy) is 2. The van der Waals surface area contributed by atoms with E-state index >= 15 is 0 Å². The molecule has 156 valence electrons. The molecule has 0 radical (unpaired) electrons. The SMILES string of the molecule is COc1ccc(OC)c(CN(C(=O)c2ccc(CSc3ncn[nH]3)cc2)C2CC2)c1. The van der Waals surface area contributed by atoms with Crippen molar-refractivity contribution < 1.29 is 14.3 Å². The molecule has 8 heteroatoms. The van der Waals surface area contributed by atoms with E-state index in [2.05, 4.69) is 15.2 Å². The standard InChI is InChI=1S/C22H24N4O3S/c1-28-19-9-10-20(29-2)17(11-19)12-26(18-7-8-18)21(27)16-5-3-15(4-6-16)13-30-22-23-14-24-25-22/h3-6,9-11,14,18H,7-8,12-13H2,1-2H3,(H,23,24,25). The maximum Gasteiger partial charge on any atom is 0.254 e. The van der Waals surface area contributed by atoms with Crippen LogP contribution >= 0.6 is 11.8 Å². The van der Waals surface area contributed by atoms with Gasteiger partial charge in [0.15, 0.2) is 5.16 Å². The summed E-state index contributed by atoms with van der Waals surface area (Å²) in [6.07, 6.45) is 3.56. The number of thioether (sulfide) groups is 1. The minimum absolute atomic E-state index is 0.0387. The van der Waals surface area contributed by atoms with Crippen molar-refractivity contribution in [1.29, 1.82) is 0 Å². The zero-order valence-electron chi connectivity index (χ0n) is 17.0. The van der Waals surface area contributed by atoms with Gasteiger partial charge in [-0.05, 0) is 48.7 Å². The van der Waals surface area contributed by atoms with Gasteiger partial charge in [-0.3, -0.25) is 9.89 Å². The Balaban J connectivity index is 1.47. The summed E-state index contributed by atoms with van der Waals surface area (Å²) in [6, 6.07) is 13.7. The van der Waals surface area contributed by atoms with Gasteiger partial charge in [-0.25, -0.2) is 4.98 Å². The number of benzene rings is 2. The maximum atomic E-state index is 13.3. The van der Waals surface area contributed by atoms with E-state index in [4.69, 9.17) is 9.47 Å². The molecule has 7 nitrogen and oxygen atoms in total. The molecule has 0 atom stereocenters. The molecule has 0 bridgehead atoms. The van der Waals surface area contributed by atoms with Crippen molar-refractivity contribution in [2.45, 2.75) is 36.3 Å². The molecule has 1 aliphatic carbocycles. The molecular weight excluding hydrogens is 400 g/mol. The molecule has 1 fully saturated rings. The Morgan fingerprint density at radius 2 is 1.97 bits per heavy atom. The van der Waals surface area contributed by atoms with Crippen LogP contribution in [0.4, 0.5) is 0 Å². The predicted octanol–water partition coefficient (Wildman–Crippen LogP) is 3.92. The van der Waals surface area contributed by atoms with Crippen LogP contribution in [0.2, 0.25) is 0 Å². The summed E-state index contributed by atoms with van der Waals surface area (Å²) in [6.45, 7) is 0.493. The molecule has 1 saturated carbocycles. The Kier molecular flexibility index (Phi) is 6.23. The number of aromatic amines is 1. The van der Waals surface area contributed by atoms with Crippen LogP contribution in [-0.4, -0.2) is 46.2 Å². The van der Waals surface area contributed by atoms with Crippen LogP contribution in [0.25, 0.3) is 0 Å². The molecule has 0 aliphatic heterocycles. The van der Waals surface area contributed by atoms with Gasteiger partial charge in [-0.1, -0.05) is 23.9 Å². The fourth-order valence-corrected chi connectivity index (χ4v) is 4.00. The number of carbonyl (C=O) groups is 1. The van der Waals surface area contributed by atoms with Crippen LogP contribution in [0, 0.1) is 0 Å². The van der Waals surface area contributed by atoms with Crippen molar-refractivity contribution in [2.75, 3.05) is 14.2 Å². The first-order chi connectivity index (χ1) is 14.7. The van der Waals surface area contributed by atoms with E-state index in [9.17, 15) is 4.79 Å². The first-order valence-corrected chi connectivity index (χ1v) is 10.8. The fourth-order valence-electron chi connectivity index (χ4n) is 3.27. The highest BCUT2D eigenvalue weighted by Crippen LogP contribution is 2.33. The number of rotatable bonds is 9. The van der Waals surface area contributed by atoms with Crippen molar-refractivity contribution >= 4 is 17.7 Å². The maximum absolute atomic E-state index is 13.3. The Labute approximate surface area is 179 Å². The minimum Gasteiger partial charge on any atom is -0.497 e. The number of nitrogens with one attached hydrogen (secondary N) is 1. The Hall–Kier alpha value is -3.00. The van der Waals surface area contributed by atoms with E-state index in [1.54, 1.807) is 26.0 Å². The quantitative estimate of drug-likeness (QED) is 0.525. The topological polar surface area (TPSA) is 80.3 Å². The number of amides is 1.